The van der Waals surface area contributed by atoms with Crippen molar-refractivity contribution in [3.8, 4) is 0 Å². The van der Waals surface area contributed by atoms with Crippen molar-refractivity contribution in [1.29, 1.82) is 0 Å². The van der Waals surface area contributed by atoms with Crippen LogP contribution in [0.4, 0.5) is 10.5 Å². The minimum absolute atomic E-state index is 0.220. The highest BCUT2D eigenvalue weighted by atomic mass is 32.1. The van der Waals surface area contributed by atoms with Gasteiger partial charge in [-0.25, -0.2) is 10.6 Å². The monoisotopic (exact) mass is 437 g/mol. The zero-order chi connectivity index (χ0) is 22.9. The minimum Gasteiger partial charge on any atom is -0.465 e. The van der Waals surface area contributed by atoms with Crippen LogP contribution in [0.3, 0.4) is 0 Å². The van der Waals surface area contributed by atoms with Crippen LogP contribution in [0.5, 0.6) is 0 Å². The number of anilines is 1. The first-order chi connectivity index (χ1) is 14.0. The van der Waals surface area contributed by atoms with Crippen LogP contribution in [0.15, 0.2) is 30.3 Å². The second-order valence-electron chi connectivity index (χ2n) is 7.89. The van der Waals surface area contributed by atoms with Crippen LogP contribution in [0.25, 0.3) is 0 Å². The number of hydrogen-bond acceptors (Lipinski definition) is 5. The molecule has 0 aromatic heterocycles. The van der Waals surface area contributed by atoms with E-state index in [0.29, 0.717) is 12.7 Å². The van der Waals surface area contributed by atoms with Crippen LogP contribution in [-0.2, 0) is 9.59 Å². The van der Waals surface area contributed by atoms with Crippen LogP contribution < -0.4 is 16.5 Å². The zero-order valence-electron chi connectivity index (χ0n) is 17.8. The Balaban J connectivity index is 2.86. The number of carbonyl (C=O) groups excluding carboxylic acids is 2. The lowest BCUT2D eigenvalue weighted by atomic mass is 10.0. The van der Waals surface area contributed by atoms with Gasteiger partial charge < -0.3 is 25.4 Å². The Hall–Kier alpha value is -2.72. The molecule has 1 rings (SSSR count). The van der Waals surface area contributed by atoms with Gasteiger partial charge in [-0.1, -0.05) is 18.2 Å². The summed E-state index contributed by atoms with van der Waals surface area (Å²) in [4.78, 5) is 36.6. The third-order valence-corrected chi connectivity index (χ3v) is 4.66. The fourth-order valence-electron chi connectivity index (χ4n) is 2.72. The first-order valence-electron chi connectivity index (χ1n) is 9.63. The van der Waals surface area contributed by atoms with E-state index in [1.807, 2.05) is 30.3 Å². The minimum atomic E-state index is -1.03. The predicted octanol–water partition coefficient (Wildman–Crippen LogP) is 2.19. The van der Waals surface area contributed by atoms with Gasteiger partial charge in [-0.3, -0.25) is 9.80 Å². The maximum Gasteiger partial charge on any atom is 0.407 e. The summed E-state index contributed by atoms with van der Waals surface area (Å²) in [6.07, 6.45) is 0.203. The van der Waals surface area contributed by atoms with E-state index in [0.717, 1.165) is 10.7 Å². The summed E-state index contributed by atoms with van der Waals surface area (Å²) in [6, 6.07) is 7.57. The quantitative estimate of drug-likeness (QED) is 0.152. The van der Waals surface area contributed by atoms with Crippen LogP contribution in [0.1, 0.15) is 40.5 Å². The highest BCUT2D eigenvalue weighted by Crippen LogP contribution is 2.15. The second kappa shape index (κ2) is 11.5. The molecule has 0 saturated carbocycles. The molecule has 166 valence electrons. The van der Waals surface area contributed by atoms with E-state index in [1.54, 1.807) is 20.8 Å². The van der Waals surface area contributed by atoms with E-state index in [4.69, 9.17) is 18.1 Å². The molecule has 9 nitrogen and oxygen atoms in total. The zero-order valence-corrected chi connectivity index (χ0v) is 18.6. The van der Waals surface area contributed by atoms with Crippen molar-refractivity contribution < 1.29 is 19.5 Å². The first-order valence-corrected chi connectivity index (χ1v) is 10.0. The molecule has 5 N–H and O–H groups in total. The molecule has 0 aliphatic carbocycles. The van der Waals surface area contributed by atoms with Crippen LogP contribution in [0.2, 0.25) is 0 Å². The standard InChI is InChI=1S/C20H31N5O4S/c1-14(13-26)25(21)17(27)16(11-8-12-24(19(28)29)20(2,3)4)23-18(30)22-15-9-6-5-7-10-15/h5-7,9-10,13-14,16H,8,11-12,21H2,1-4H3,(H,28,29)(H2,22,23,30)/t14-,16-/m0/s1. The number of nitrogens with zero attached hydrogens (tertiary/aromatic N) is 2. The van der Waals surface area contributed by atoms with Crippen molar-refractivity contribution in [1.82, 2.24) is 15.2 Å². The fraction of sp³-hybridized carbons (Fsp3) is 0.500. The number of benzene rings is 1. The van der Waals surface area contributed by atoms with E-state index in [9.17, 15) is 19.5 Å². The number of rotatable bonds is 9. The number of thiocarbonyl (C=S) groups is 1. The number of hydrazine groups is 1. The summed E-state index contributed by atoms with van der Waals surface area (Å²) in [5.41, 5.74) is 0.173. The highest BCUT2D eigenvalue weighted by molar-refractivity contribution is 7.80. The molecule has 0 unspecified atom stereocenters. The molecule has 0 radical (unpaired) electrons. The Labute approximate surface area is 182 Å². The molecule has 10 heteroatoms. The van der Waals surface area contributed by atoms with Gasteiger partial charge in [-0.2, -0.15) is 0 Å². The number of hydrogen-bond donors (Lipinski definition) is 4. The van der Waals surface area contributed by atoms with E-state index in [-0.39, 0.29) is 18.1 Å². The van der Waals surface area contributed by atoms with Crippen molar-refractivity contribution in [2.24, 2.45) is 5.84 Å². The van der Waals surface area contributed by atoms with Gasteiger partial charge in [0, 0.05) is 17.8 Å². The molecule has 1 aromatic rings. The average Bonchev–Trinajstić information content (AvgIpc) is 2.67. The Morgan fingerprint density at radius 2 is 1.87 bits per heavy atom. The van der Waals surface area contributed by atoms with Crippen molar-refractivity contribution in [3.05, 3.63) is 30.3 Å². The van der Waals surface area contributed by atoms with Gasteiger partial charge in [0.15, 0.2) is 5.11 Å². The molecule has 0 aliphatic heterocycles. The highest BCUT2D eigenvalue weighted by Gasteiger charge is 2.29. The summed E-state index contributed by atoms with van der Waals surface area (Å²) >= 11 is 5.31. The second-order valence-corrected chi connectivity index (χ2v) is 8.29. The summed E-state index contributed by atoms with van der Waals surface area (Å²) in [6.45, 7) is 7.14. The van der Waals surface area contributed by atoms with Crippen molar-refractivity contribution in [2.75, 3.05) is 11.9 Å². The summed E-state index contributed by atoms with van der Waals surface area (Å²) in [5.74, 6) is 5.28. The predicted molar refractivity (Wildman–Crippen MR) is 120 cm³/mol. The van der Waals surface area contributed by atoms with Gasteiger partial charge in [0.2, 0.25) is 0 Å². The van der Waals surface area contributed by atoms with Gasteiger partial charge in [0.1, 0.15) is 18.4 Å². The van der Waals surface area contributed by atoms with Crippen LogP contribution in [0, 0.1) is 0 Å². The molecule has 30 heavy (non-hydrogen) atoms. The molecular weight excluding hydrogens is 406 g/mol. The van der Waals surface area contributed by atoms with Crippen molar-refractivity contribution in [3.63, 3.8) is 0 Å². The molecule has 0 bridgehead atoms. The average molecular weight is 438 g/mol. The Bertz CT molecular complexity index is 738. The Morgan fingerprint density at radius 1 is 1.27 bits per heavy atom. The van der Waals surface area contributed by atoms with Gasteiger partial charge >= 0.3 is 6.09 Å². The molecule has 2 atom stereocenters. The topological polar surface area (TPSA) is 128 Å². The van der Waals surface area contributed by atoms with Gasteiger partial charge in [0.05, 0.1) is 0 Å². The van der Waals surface area contributed by atoms with E-state index < -0.39 is 29.6 Å². The maximum atomic E-state index is 12.8. The number of amides is 2. The summed E-state index contributed by atoms with van der Waals surface area (Å²) in [7, 11) is 0. The van der Waals surface area contributed by atoms with Crippen molar-refractivity contribution >= 4 is 41.3 Å². The van der Waals surface area contributed by atoms with Gasteiger partial charge in [-0.15, -0.1) is 0 Å². The lowest BCUT2D eigenvalue weighted by Crippen LogP contribution is -2.55. The Kier molecular flexibility index (Phi) is 9.67. The number of aldehydes is 1. The van der Waals surface area contributed by atoms with Gasteiger partial charge in [-0.05, 0) is 64.9 Å². The van der Waals surface area contributed by atoms with Crippen LogP contribution in [-0.4, -0.2) is 62.6 Å². The molecule has 0 aliphatic rings. The number of carboxylic acid groups (broad SMARTS) is 1. The molecule has 0 spiro atoms. The number of para-hydroxylation sites is 1. The molecule has 0 saturated heterocycles. The third-order valence-electron chi connectivity index (χ3n) is 4.44. The van der Waals surface area contributed by atoms with E-state index in [2.05, 4.69) is 10.6 Å². The smallest absolute Gasteiger partial charge is 0.407 e. The largest absolute Gasteiger partial charge is 0.465 e. The lowest BCUT2D eigenvalue weighted by Gasteiger charge is -2.34. The van der Waals surface area contributed by atoms with Gasteiger partial charge in [0.25, 0.3) is 5.91 Å². The van der Waals surface area contributed by atoms with E-state index >= 15 is 0 Å². The number of nitrogens with two attached hydrogens (primary N) is 1. The van der Waals surface area contributed by atoms with E-state index in [1.165, 1.54) is 11.8 Å². The number of nitrogens with one attached hydrogen (secondary N) is 2. The molecular formula is C20H31N5O4S. The summed E-state index contributed by atoms with van der Waals surface area (Å²) < 4.78 is 0. The lowest BCUT2D eigenvalue weighted by molar-refractivity contribution is -0.138. The summed E-state index contributed by atoms with van der Waals surface area (Å²) in [5, 5.41) is 16.4. The molecule has 2 amide bonds. The third kappa shape index (κ3) is 7.96. The Morgan fingerprint density at radius 3 is 2.37 bits per heavy atom. The molecule has 0 fully saturated rings. The van der Waals surface area contributed by atoms with Crippen LogP contribution >= 0.6 is 12.2 Å². The van der Waals surface area contributed by atoms with Crippen molar-refractivity contribution in [2.45, 2.75) is 58.2 Å². The molecule has 0 heterocycles. The fourth-order valence-corrected chi connectivity index (χ4v) is 2.98. The molecule has 1 aromatic carbocycles. The maximum absolute atomic E-state index is 12.8. The normalized spacial score (nSPS) is 13.0. The SMILES string of the molecule is C[C@@H](C=O)N(N)C(=O)[C@H](CCCN(C(=O)O)C(C)(C)C)NC(=S)Nc1ccccc1. The first kappa shape index (κ1) is 25.3. The number of carbonyl (C=O) groups is 3.